The van der Waals surface area contributed by atoms with Gasteiger partial charge in [0.05, 0.1) is 34.0 Å². The van der Waals surface area contributed by atoms with E-state index in [9.17, 15) is 9.90 Å². The topological polar surface area (TPSA) is 74.2 Å². The van der Waals surface area contributed by atoms with E-state index in [4.69, 9.17) is 18.6 Å². The Labute approximate surface area is 270 Å². The molecule has 1 aromatic rings. The Bertz CT molecular complexity index is 1170. The van der Waals surface area contributed by atoms with Crippen LogP contribution in [0.4, 0.5) is 0 Å². The fourth-order valence-electron chi connectivity index (χ4n) is 5.04. The number of carbonyl (C=O) groups excluding carboxylic acids is 1. The van der Waals surface area contributed by atoms with Gasteiger partial charge >= 0.3 is 0 Å². The molecule has 0 amide bonds. The first kappa shape index (κ1) is 38.4. The highest BCUT2D eigenvalue weighted by molar-refractivity contribution is 6.82. The van der Waals surface area contributed by atoms with Gasteiger partial charge < -0.3 is 23.7 Å². The monoisotopic (exact) mass is 644 g/mol. The molecule has 0 radical (unpaired) electrons. The molecule has 1 aliphatic rings. The SMILES string of the molecule is COc1ccc([C@H]2OC[C@H](C)[C@H]([C@@H](C)C(=O)C[C@H](O)C#C[C@H](C)[C@H](O[Si](C)(C)C(C)(C)C)[C@@H](C)/C=C(\C)[Si](C)(C)C)O2)cc1. The van der Waals surface area contributed by atoms with Crippen molar-refractivity contribution in [3.8, 4) is 17.6 Å². The van der Waals surface area contributed by atoms with Gasteiger partial charge in [-0.05, 0) is 44.1 Å². The summed E-state index contributed by atoms with van der Waals surface area (Å²) in [5.74, 6) is 6.66. The van der Waals surface area contributed by atoms with Crippen LogP contribution in [0.3, 0.4) is 0 Å². The second kappa shape index (κ2) is 15.7. The predicted molar refractivity (Wildman–Crippen MR) is 186 cm³/mol. The summed E-state index contributed by atoms with van der Waals surface area (Å²) in [7, 11) is -1.89. The number of allylic oxidation sites excluding steroid dienone is 1. The lowest BCUT2D eigenvalue weighted by molar-refractivity contribution is -0.247. The van der Waals surface area contributed by atoms with Crippen LogP contribution in [0.5, 0.6) is 5.75 Å². The van der Waals surface area contributed by atoms with Crippen molar-refractivity contribution in [2.45, 2.75) is 124 Å². The van der Waals surface area contributed by atoms with E-state index in [1.54, 1.807) is 7.11 Å². The van der Waals surface area contributed by atoms with Crippen LogP contribution in [0.15, 0.2) is 35.5 Å². The van der Waals surface area contributed by atoms with Gasteiger partial charge in [-0.3, -0.25) is 4.79 Å². The molecule has 0 saturated carbocycles. The second-order valence-electron chi connectivity index (χ2n) is 15.4. The molecule has 0 bridgehead atoms. The van der Waals surface area contributed by atoms with Crippen LogP contribution in [0.2, 0.25) is 37.8 Å². The molecule has 2 rings (SSSR count). The molecule has 1 aliphatic heterocycles. The fraction of sp³-hybridized carbons (Fsp3) is 0.694. The number of hydrogen-bond donors (Lipinski definition) is 1. The van der Waals surface area contributed by atoms with E-state index in [0.717, 1.165) is 11.3 Å². The minimum absolute atomic E-state index is 0.0362. The van der Waals surface area contributed by atoms with Crippen LogP contribution < -0.4 is 4.74 Å². The molecule has 0 spiro atoms. The molecule has 0 aromatic heterocycles. The van der Waals surface area contributed by atoms with Crippen molar-refractivity contribution in [2.75, 3.05) is 13.7 Å². The summed E-state index contributed by atoms with van der Waals surface area (Å²) < 4.78 is 24.4. The second-order valence-corrected chi connectivity index (χ2v) is 25.4. The quantitative estimate of drug-likeness (QED) is 0.183. The number of Topliss-reactive ketones (excluding diaryl/α,β-unsaturated/α-hetero) is 1. The summed E-state index contributed by atoms with van der Waals surface area (Å²) in [6.45, 7) is 29.3. The van der Waals surface area contributed by atoms with Gasteiger partial charge in [0.2, 0.25) is 0 Å². The first-order valence-corrected chi connectivity index (χ1v) is 22.6. The zero-order valence-corrected chi connectivity index (χ0v) is 31.9. The van der Waals surface area contributed by atoms with Crippen molar-refractivity contribution in [1.82, 2.24) is 0 Å². The van der Waals surface area contributed by atoms with Gasteiger partial charge in [-0.1, -0.05) is 96.4 Å². The van der Waals surface area contributed by atoms with Gasteiger partial charge in [0, 0.05) is 35.7 Å². The van der Waals surface area contributed by atoms with E-state index in [1.165, 1.54) is 5.20 Å². The highest BCUT2D eigenvalue weighted by Crippen LogP contribution is 2.40. The van der Waals surface area contributed by atoms with Crippen molar-refractivity contribution in [2.24, 2.45) is 23.7 Å². The number of hydrogen-bond acceptors (Lipinski definition) is 6. The van der Waals surface area contributed by atoms with Crippen LogP contribution in [-0.2, 0) is 18.7 Å². The van der Waals surface area contributed by atoms with Crippen molar-refractivity contribution in [3.05, 3.63) is 41.1 Å². The fourth-order valence-corrected chi connectivity index (χ4v) is 7.25. The molecule has 0 unspecified atom stereocenters. The Kier molecular flexibility index (Phi) is 13.7. The lowest BCUT2D eigenvalue weighted by Crippen LogP contribution is -2.47. The van der Waals surface area contributed by atoms with Crippen LogP contribution in [0.1, 0.15) is 73.7 Å². The third-order valence-corrected chi connectivity index (χ3v) is 16.6. The molecule has 44 heavy (non-hydrogen) atoms. The van der Waals surface area contributed by atoms with Crippen LogP contribution in [-0.4, -0.2) is 59.3 Å². The Morgan fingerprint density at radius 1 is 1.09 bits per heavy atom. The molecule has 1 fully saturated rings. The van der Waals surface area contributed by atoms with Gasteiger partial charge in [0.15, 0.2) is 14.6 Å². The zero-order chi connectivity index (χ0) is 33.6. The molecule has 1 aromatic carbocycles. The molecule has 1 N–H and O–H groups in total. The Hall–Kier alpha value is -1.74. The number of ether oxygens (including phenoxy) is 3. The van der Waals surface area contributed by atoms with Gasteiger partial charge in [-0.2, -0.15) is 0 Å². The number of methoxy groups -OCH3 is 1. The molecule has 6 nitrogen and oxygen atoms in total. The molecule has 8 atom stereocenters. The Balaban J connectivity index is 2.16. The van der Waals surface area contributed by atoms with E-state index in [0.29, 0.717) is 6.61 Å². The molecule has 0 aliphatic carbocycles. The molecule has 8 heteroatoms. The summed E-state index contributed by atoms with van der Waals surface area (Å²) in [6.07, 6.45) is 0.289. The van der Waals surface area contributed by atoms with Crippen molar-refractivity contribution < 1.29 is 28.5 Å². The van der Waals surface area contributed by atoms with Gasteiger partial charge in [-0.25, -0.2) is 0 Å². The molecule has 1 heterocycles. The third kappa shape index (κ3) is 10.7. The van der Waals surface area contributed by atoms with Gasteiger partial charge in [0.25, 0.3) is 0 Å². The van der Waals surface area contributed by atoms with E-state index in [2.05, 4.69) is 92.2 Å². The van der Waals surface area contributed by atoms with E-state index >= 15 is 0 Å². The van der Waals surface area contributed by atoms with Crippen LogP contribution in [0.25, 0.3) is 0 Å². The zero-order valence-electron chi connectivity index (χ0n) is 29.9. The smallest absolute Gasteiger partial charge is 0.192 e. The number of aliphatic hydroxyl groups is 1. The maximum Gasteiger partial charge on any atom is 0.192 e. The minimum Gasteiger partial charge on any atom is -0.497 e. The van der Waals surface area contributed by atoms with E-state index < -0.39 is 34.7 Å². The van der Waals surface area contributed by atoms with E-state index in [1.807, 2.05) is 38.1 Å². The summed E-state index contributed by atoms with van der Waals surface area (Å²) in [5, 5.41) is 12.4. The third-order valence-electron chi connectivity index (χ3n) is 9.56. The summed E-state index contributed by atoms with van der Waals surface area (Å²) in [6, 6.07) is 7.56. The van der Waals surface area contributed by atoms with Crippen LogP contribution in [0, 0.1) is 35.5 Å². The molecular formula is C36H60O6Si2. The summed E-state index contributed by atoms with van der Waals surface area (Å²) in [5.41, 5.74) is 0.876. The Morgan fingerprint density at radius 3 is 2.20 bits per heavy atom. The Morgan fingerprint density at radius 2 is 1.68 bits per heavy atom. The minimum atomic E-state index is -2.08. The molecule has 1 saturated heterocycles. The summed E-state index contributed by atoms with van der Waals surface area (Å²) in [4.78, 5) is 13.3. The number of benzene rings is 1. The van der Waals surface area contributed by atoms with Crippen molar-refractivity contribution in [3.63, 3.8) is 0 Å². The average molecular weight is 645 g/mol. The predicted octanol–water partition coefficient (Wildman–Crippen LogP) is 8.19. The van der Waals surface area contributed by atoms with Crippen molar-refractivity contribution in [1.29, 1.82) is 0 Å². The number of carbonyl (C=O) groups is 1. The normalized spacial score (nSPS) is 23.5. The van der Waals surface area contributed by atoms with Crippen molar-refractivity contribution >= 4 is 22.2 Å². The largest absolute Gasteiger partial charge is 0.497 e. The number of ketones is 1. The maximum atomic E-state index is 13.3. The lowest BCUT2D eigenvalue weighted by Gasteiger charge is -2.42. The van der Waals surface area contributed by atoms with Gasteiger partial charge in [0.1, 0.15) is 17.6 Å². The van der Waals surface area contributed by atoms with Crippen LogP contribution >= 0.6 is 0 Å². The molecule has 248 valence electrons. The average Bonchev–Trinajstić information content (AvgIpc) is 2.93. The summed E-state index contributed by atoms with van der Waals surface area (Å²) >= 11 is 0. The standard InChI is InChI=1S/C36H60O6Si2/c1-24(33(42-44(13,14)36(6,7)8)25(2)21-27(4)43(10,11)12)15-18-30(37)22-32(38)28(5)34-26(3)23-40-35(41-34)29-16-19-31(39-9)20-17-29/h16-17,19-21,24-26,28,30,33-35,37H,22-23H2,1-14H3/b27-21+/t24-,25-,26-,28-,30+,33-,34+,35-/m0/s1. The molecular weight excluding hydrogens is 585 g/mol. The van der Waals surface area contributed by atoms with E-state index in [-0.39, 0.29) is 47.2 Å². The van der Waals surface area contributed by atoms with Gasteiger partial charge in [-0.15, -0.1) is 0 Å². The highest BCUT2D eigenvalue weighted by Gasteiger charge is 2.41. The highest BCUT2D eigenvalue weighted by atomic mass is 28.4. The lowest BCUT2D eigenvalue weighted by atomic mass is 9.87. The first-order chi connectivity index (χ1) is 20.2. The first-order valence-electron chi connectivity index (χ1n) is 16.2. The maximum absolute atomic E-state index is 13.3. The number of rotatable bonds is 12. The number of aliphatic hydroxyl groups excluding tert-OH is 1.